The van der Waals surface area contributed by atoms with Gasteiger partial charge in [-0.1, -0.05) is 17.3 Å². The van der Waals surface area contributed by atoms with Crippen LogP contribution in [0.25, 0.3) is 11.0 Å². The molecule has 2 aromatic heterocycles. The van der Waals surface area contributed by atoms with E-state index in [1.807, 2.05) is 37.3 Å². The largest absolute Gasteiger partial charge is 0.493 e. The van der Waals surface area contributed by atoms with Crippen molar-refractivity contribution in [2.45, 2.75) is 20.0 Å². The summed E-state index contributed by atoms with van der Waals surface area (Å²) in [4.78, 5) is 0. The van der Waals surface area contributed by atoms with Gasteiger partial charge in [-0.15, -0.1) is 0 Å². The fourth-order valence-corrected chi connectivity index (χ4v) is 2.15. The molecule has 20 heavy (non-hydrogen) atoms. The standard InChI is InChI=1S/C15H16N2O3/c1-10-6-12(17-20-10)8-16-9-13-7-11-4-3-5-14(18-2)15(11)19-13/h3-7,16H,8-9H2,1-2H3. The highest BCUT2D eigenvalue weighted by Crippen LogP contribution is 2.28. The number of nitrogens with zero attached hydrogens (tertiary/aromatic N) is 1. The van der Waals surface area contributed by atoms with Gasteiger partial charge in [0.15, 0.2) is 11.3 Å². The van der Waals surface area contributed by atoms with Gasteiger partial charge in [-0.3, -0.25) is 0 Å². The van der Waals surface area contributed by atoms with E-state index in [0.29, 0.717) is 13.1 Å². The Morgan fingerprint density at radius 3 is 2.90 bits per heavy atom. The fourth-order valence-electron chi connectivity index (χ4n) is 2.15. The summed E-state index contributed by atoms with van der Waals surface area (Å²) in [6.07, 6.45) is 0. The van der Waals surface area contributed by atoms with Crippen LogP contribution in [-0.2, 0) is 13.1 Å². The molecule has 0 aliphatic rings. The van der Waals surface area contributed by atoms with E-state index < -0.39 is 0 Å². The lowest BCUT2D eigenvalue weighted by atomic mass is 10.2. The molecule has 0 radical (unpaired) electrons. The topological polar surface area (TPSA) is 60.4 Å². The van der Waals surface area contributed by atoms with Gasteiger partial charge in [0.2, 0.25) is 0 Å². The van der Waals surface area contributed by atoms with Crippen molar-refractivity contribution in [1.29, 1.82) is 0 Å². The summed E-state index contributed by atoms with van der Waals surface area (Å²) in [5.41, 5.74) is 1.67. The zero-order valence-electron chi connectivity index (χ0n) is 11.5. The molecule has 1 aromatic carbocycles. The summed E-state index contributed by atoms with van der Waals surface area (Å²) in [5, 5.41) is 8.24. The van der Waals surface area contributed by atoms with Gasteiger partial charge in [-0.25, -0.2) is 0 Å². The summed E-state index contributed by atoms with van der Waals surface area (Å²) >= 11 is 0. The van der Waals surface area contributed by atoms with Crippen molar-refractivity contribution in [3.8, 4) is 5.75 Å². The van der Waals surface area contributed by atoms with Crippen molar-refractivity contribution in [2.75, 3.05) is 7.11 Å². The predicted molar refractivity (Wildman–Crippen MR) is 74.5 cm³/mol. The van der Waals surface area contributed by atoms with Crippen LogP contribution in [0.1, 0.15) is 17.2 Å². The Kier molecular flexibility index (Phi) is 3.43. The van der Waals surface area contributed by atoms with Gasteiger partial charge in [0.25, 0.3) is 0 Å². The van der Waals surface area contributed by atoms with Gasteiger partial charge < -0.3 is 19.0 Å². The number of ether oxygens (including phenoxy) is 1. The van der Waals surface area contributed by atoms with E-state index in [4.69, 9.17) is 13.7 Å². The SMILES string of the molecule is COc1cccc2cc(CNCc3cc(C)on3)oc12. The number of para-hydroxylation sites is 1. The van der Waals surface area contributed by atoms with Gasteiger partial charge in [0.1, 0.15) is 11.5 Å². The number of rotatable bonds is 5. The van der Waals surface area contributed by atoms with Crippen LogP contribution in [0.2, 0.25) is 0 Å². The summed E-state index contributed by atoms with van der Waals surface area (Å²) < 4.78 is 16.1. The van der Waals surface area contributed by atoms with E-state index >= 15 is 0 Å². The molecule has 3 rings (SSSR count). The Labute approximate surface area is 116 Å². The molecule has 0 saturated heterocycles. The van der Waals surface area contributed by atoms with Crippen LogP contribution < -0.4 is 10.1 Å². The molecule has 3 aromatic rings. The third-order valence-electron chi connectivity index (χ3n) is 3.06. The molecular formula is C15H16N2O3. The summed E-state index contributed by atoms with van der Waals surface area (Å²) in [6.45, 7) is 3.15. The molecule has 1 N–H and O–H groups in total. The number of hydrogen-bond donors (Lipinski definition) is 1. The first-order valence-corrected chi connectivity index (χ1v) is 6.44. The number of methoxy groups -OCH3 is 1. The van der Waals surface area contributed by atoms with Crippen molar-refractivity contribution in [3.63, 3.8) is 0 Å². The monoisotopic (exact) mass is 272 g/mol. The Balaban J connectivity index is 1.68. The molecule has 5 heteroatoms. The van der Waals surface area contributed by atoms with E-state index in [1.165, 1.54) is 0 Å². The average molecular weight is 272 g/mol. The molecule has 2 heterocycles. The molecule has 0 fully saturated rings. The zero-order chi connectivity index (χ0) is 13.9. The molecule has 104 valence electrons. The van der Waals surface area contributed by atoms with E-state index in [1.54, 1.807) is 7.11 Å². The number of benzene rings is 1. The number of hydrogen-bond acceptors (Lipinski definition) is 5. The Bertz CT molecular complexity index is 715. The molecule has 0 bridgehead atoms. The van der Waals surface area contributed by atoms with E-state index in [0.717, 1.165) is 33.9 Å². The lowest BCUT2D eigenvalue weighted by Gasteiger charge is -1.99. The first kappa shape index (κ1) is 12.7. The summed E-state index contributed by atoms with van der Waals surface area (Å²) in [6, 6.07) is 9.77. The molecular weight excluding hydrogens is 256 g/mol. The zero-order valence-corrected chi connectivity index (χ0v) is 11.5. The first-order chi connectivity index (χ1) is 9.76. The minimum atomic E-state index is 0.629. The van der Waals surface area contributed by atoms with E-state index in [9.17, 15) is 0 Å². The second-order valence-corrected chi connectivity index (χ2v) is 4.62. The van der Waals surface area contributed by atoms with Crippen LogP contribution in [0.5, 0.6) is 5.75 Å². The quantitative estimate of drug-likeness (QED) is 0.773. The van der Waals surface area contributed by atoms with Gasteiger partial charge >= 0.3 is 0 Å². The molecule has 5 nitrogen and oxygen atoms in total. The maximum Gasteiger partial charge on any atom is 0.176 e. The Hall–Kier alpha value is -2.27. The van der Waals surface area contributed by atoms with Crippen LogP contribution in [0.15, 0.2) is 39.3 Å². The second-order valence-electron chi connectivity index (χ2n) is 4.62. The lowest BCUT2D eigenvalue weighted by molar-refractivity contribution is 0.386. The second kappa shape index (κ2) is 5.38. The smallest absolute Gasteiger partial charge is 0.176 e. The highest BCUT2D eigenvalue weighted by atomic mass is 16.5. The number of aryl methyl sites for hydroxylation is 1. The predicted octanol–water partition coefficient (Wildman–Crippen LogP) is 3.03. The van der Waals surface area contributed by atoms with Crippen molar-refractivity contribution < 1.29 is 13.7 Å². The van der Waals surface area contributed by atoms with Crippen molar-refractivity contribution in [1.82, 2.24) is 10.5 Å². The third-order valence-corrected chi connectivity index (χ3v) is 3.06. The average Bonchev–Trinajstić information content (AvgIpc) is 3.04. The summed E-state index contributed by atoms with van der Waals surface area (Å²) in [7, 11) is 1.64. The van der Waals surface area contributed by atoms with Crippen LogP contribution in [-0.4, -0.2) is 12.3 Å². The van der Waals surface area contributed by atoms with Gasteiger partial charge in [0, 0.05) is 18.0 Å². The lowest BCUT2D eigenvalue weighted by Crippen LogP contribution is -2.12. The molecule has 0 atom stereocenters. The van der Waals surface area contributed by atoms with Crippen LogP contribution in [0.4, 0.5) is 0 Å². The van der Waals surface area contributed by atoms with Crippen molar-refractivity contribution in [3.05, 3.63) is 47.5 Å². The van der Waals surface area contributed by atoms with Crippen molar-refractivity contribution >= 4 is 11.0 Å². The number of aromatic nitrogens is 1. The first-order valence-electron chi connectivity index (χ1n) is 6.44. The maximum absolute atomic E-state index is 5.80. The van der Waals surface area contributed by atoms with Gasteiger partial charge in [0.05, 0.1) is 19.3 Å². The molecule has 0 aliphatic carbocycles. The number of fused-ring (bicyclic) bond motifs is 1. The van der Waals surface area contributed by atoms with Crippen LogP contribution in [0, 0.1) is 6.92 Å². The highest BCUT2D eigenvalue weighted by molar-refractivity contribution is 5.83. The Morgan fingerprint density at radius 1 is 1.25 bits per heavy atom. The fraction of sp³-hybridized carbons (Fsp3) is 0.267. The summed E-state index contributed by atoms with van der Waals surface area (Å²) in [5.74, 6) is 2.43. The van der Waals surface area contributed by atoms with E-state index in [2.05, 4.69) is 10.5 Å². The number of furan rings is 1. The van der Waals surface area contributed by atoms with E-state index in [-0.39, 0.29) is 0 Å². The minimum absolute atomic E-state index is 0.629. The molecule has 0 spiro atoms. The van der Waals surface area contributed by atoms with Gasteiger partial charge in [-0.2, -0.15) is 0 Å². The maximum atomic E-state index is 5.80. The molecule has 0 unspecified atom stereocenters. The normalized spacial score (nSPS) is 11.1. The molecule has 0 saturated carbocycles. The molecule has 0 aliphatic heterocycles. The van der Waals surface area contributed by atoms with Gasteiger partial charge in [-0.05, 0) is 19.1 Å². The van der Waals surface area contributed by atoms with Crippen molar-refractivity contribution in [2.24, 2.45) is 0 Å². The number of nitrogens with one attached hydrogen (secondary N) is 1. The third kappa shape index (κ3) is 2.53. The highest BCUT2D eigenvalue weighted by Gasteiger charge is 2.08. The van der Waals surface area contributed by atoms with Crippen LogP contribution in [0.3, 0.4) is 0 Å². The molecule has 0 amide bonds. The minimum Gasteiger partial charge on any atom is -0.493 e. The van der Waals surface area contributed by atoms with Crippen LogP contribution >= 0.6 is 0 Å². The Morgan fingerprint density at radius 2 is 2.15 bits per heavy atom.